The van der Waals surface area contributed by atoms with Crippen LogP contribution >= 0.6 is 0 Å². The van der Waals surface area contributed by atoms with Gasteiger partial charge in [-0.15, -0.1) is 0 Å². The molecule has 0 spiro atoms. The fourth-order valence-electron chi connectivity index (χ4n) is 11.5. The Bertz CT molecular complexity index is 2500. The van der Waals surface area contributed by atoms with Gasteiger partial charge in [-0.3, -0.25) is 19.8 Å². The number of alkyl halides is 1. The summed E-state index contributed by atoms with van der Waals surface area (Å²) in [7, 11) is -4.33. The predicted molar refractivity (Wildman–Crippen MR) is 235 cm³/mol. The number of carbonyl (C=O) groups is 1. The number of pyridine rings is 1. The van der Waals surface area contributed by atoms with Crippen molar-refractivity contribution in [2.24, 2.45) is 16.2 Å². The van der Waals surface area contributed by atoms with Gasteiger partial charge in [0, 0.05) is 67.7 Å². The summed E-state index contributed by atoms with van der Waals surface area (Å²) in [5, 5.41) is 13.0. The Morgan fingerprint density at radius 1 is 0.967 bits per heavy atom. The minimum atomic E-state index is -4.33. The van der Waals surface area contributed by atoms with Gasteiger partial charge in [-0.05, 0) is 111 Å². The highest BCUT2D eigenvalue weighted by Gasteiger charge is 2.66. The van der Waals surface area contributed by atoms with E-state index in [2.05, 4.69) is 40.5 Å². The first-order valence-electron chi connectivity index (χ1n) is 22.2. The largest absolute Gasteiger partial charge is 0.455 e. The number of aromatic amines is 1. The van der Waals surface area contributed by atoms with E-state index in [0.717, 1.165) is 69.1 Å². The molecule has 0 amide bonds. The molecule has 324 valence electrons. The minimum Gasteiger partial charge on any atom is -0.455 e. The number of sulfone groups is 1. The number of H-pyrrole nitrogens is 1. The zero-order valence-corrected chi connectivity index (χ0v) is 36.5. The van der Waals surface area contributed by atoms with Gasteiger partial charge in [-0.25, -0.2) is 17.8 Å². The summed E-state index contributed by atoms with van der Waals surface area (Å²) in [6.07, 6.45) is 14.7. The van der Waals surface area contributed by atoms with E-state index in [4.69, 9.17) is 4.74 Å². The van der Waals surface area contributed by atoms with E-state index in [1.165, 1.54) is 50.7 Å². The summed E-state index contributed by atoms with van der Waals surface area (Å²) < 4.78 is 49.3. The molecule has 11 nitrogen and oxygen atoms in total. The number of nitrogens with one attached hydrogen (secondary N) is 1. The molecular weight excluding hydrogens is 794 g/mol. The number of fused-ring (bicyclic) bond motifs is 1. The number of nitro groups is 1. The molecule has 5 fully saturated rings. The number of aryl methyl sites for hydroxylation is 1. The van der Waals surface area contributed by atoms with Crippen molar-refractivity contribution in [3.63, 3.8) is 0 Å². The van der Waals surface area contributed by atoms with Gasteiger partial charge in [-0.1, -0.05) is 57.2 Å². The SMILES string of the molecule is CC1(C)CCC(CN2CCN(c3ccc(C(=O)CS(=O)(=O)c4ccc(CCC5(F)CCCCC5)c([N+](=O)[O-])c4)c(Oc4cnc5[nH]ccc5c4)c3)CC2)=C(C23CC(C)(C2)C3)C1. The van der Waals surface area contributed by atoms with Gasteiger partial charge >= 0.3 is 0 Å². The molecule has 61 heavy (non-hydrogen) atoms. The Morgan fingerprint density at radius 3 is 2.44 bits per heavy atom. The third-order valence-corrected chi connectivity index (χ3v) is 16.3. The van der Waals surface area contributed by atoms with E-state index in [-0.39, 0.29) is 34.6 Å². The standard InChI is InChI=1S/C48H58FN5O6S/c1-45(2)16-11-35(40(26-45)47-30-46(3,31-47)32-47)28-52-19-21-53(22-20-52)36-8-10-39(43(24-36)60-37-23-34-13-18-50-44(34)51-27-37)42(55)29-61(58,59)38-9-7-33(41(25-38)54(56)57)12-17-48(49)14-5-4-6-15-48/h7-10,13,18,23-25,27H,4-6,11-12,14-17,19-22,26,28-32H2,1-3H3,(H,50,51). The minimum absolute atomic E-state index is 0.0779. The summed E-state index contributed by atoms with van der Waals surface area (Å²) in [6.45, 7) is 11.7. The van der Waals surface area contributed by atoms with Crippen molar-refractivity contribution in [3.8, 4) is 11.5 Å². The lowest BCUT2D eigenvalue weighted by Crippen LogP contribution is -2.61. The first-order chi connectivity index (χ1) is 29.0. The molecule has 1 N–H and O–H groups in total. The lowest BCUT2D eigenvalue weighted by atomic mass is 9.33. The number of hydrogen-bond donors (Lipinski definition) is 1. The van der Waals surface area contributed by atoms with Crippen LogP contribution in [0, 0.1) is 26.4 Å². The number of halogens is 1. The fraction of sp³-hybridized carbons (Fsp3) is 0.542. The summed E-state index contributed by atoms with van der Waals surface area (Å²) in [6, 6.07) is 12.6. The summed E-state index contributed by atoms with van der Waals surface area (Å²) >= 11 is 0. The lowest BCUT2D eigenvalue weighted by molar-refractivity contribution is -0.385. The maximum atomic E-state index is 15.4. The van der Waals surface area contributed by atoms with Crippen molar-refractivity contribution in [2.45, 2.75) is 115 Å². The Labute approximate surface area is 358 Å². The molecule has 0 atom stereocenters. The Hall–Kier alpha value is -4.62. The molecule has 3 heterocycles. The van der Waals surface area contributed by atoms with Gasteiger partial charge in [0.05, 0.1) is 21.6 Å². The molecule has 6 aliphatic rings. The molecule has 2 aromatic heterocycles. The average Bonchev–Trinajstić information content (AvgIpc) is 3.67. The number of carbonyl (C=O) groups excluding carboxylic acids is 1. The predicted octanol–water partition coefficient (Wildman–Crippen LogP) is 10.3. The van der Waals surface area contributed by atoms with E-state index in [0.29, 0.717) is 40.5 Å². The first-order valence-corrected chi connectivity index (χ1v) is 23.8. The van der Waals surface area contributed by atoms with Crippen molar-refractivity contribution in [1.82, 2.24) is 14.9 Å². The normalized spacial score (nSPS) is 24.9. The summed E-state index contributed by atoms with van der Waals surface area (Å²) in [5.41, 5.74) is 4.95. The molecular formula is C48H58FN5O6S. The van der Waals surface area contributed by atoms with Crippen LogP contribution in [-0.2, 0) is 16.3 Å². The third-order valence-electron chi connectivity index (χ3n) is 14.7. The van der Waals surface area contributed by atoms with Gasteiger partial charge < -0.3 is 14.6 Å². The number of hydrogen-bond acceptors (Lipinski definition) is 9. The van der Waals surface area contributed by atoms with Crippen LogP contribution in [0.1, 0.15) is 114 Å². The van der Waals surface area contributed by atoms with Gasteiger partial charge in [0.2, 0.25) is 0 Å². The molecule has 1 aliphatic heterocycles. The quantitative estimate of drug-likeness (QED) is 0.0568. The highest BCUT2D eigenvalue weighted by atomic mass is 32.2. The highest BCUT2D eigenvalue weighted by Crippen LogP contribution is 2.77. The number of ketones is 1. The van der Waals surface area contributed by atoms with Crippen LogP contribution in [0.5, 0.6) is 11.5 Å². The van der Waals surface area contributed by atoms with Crippen molar-refractivity contribution >= 4 is 38.0 Å². The maximum Gasteiger partial charge on any atom is 0.273 e. The number of benzene rings is 2. The van der Waals surface area contributed by atoms with Crippen LogP contribution in [0.25, 0.3) is 11.0 Å². The Balaban J connectivity index is 0.924. The monoisotopic (exact) mass is 851 g/mol. The second kappa shape index (κ2) is 15.6. The van der Waals surface area contributed by atoms with Crippen LogP contribution in [-0.4, -0.2) is 78.1 Å². The second-order valence-electron chi connectivity index (χ2n) is 20.1. The molecule has 2 aromatic carbocycles. The number of allylic oxidation sites excluding steroid dienone is 1. The Morgan fingerprint density at radius 2 is 1.72 bits per heavy atom. The van der Waals surface area contributed by atoms with Crippen molar-refractivity contribution in [1.29, 1.82) is 0 Å². The smallest absolute Gasteiger partial charge is 0.273 e. The van der Waals surface area contributed by atoms with E-state index in [1.54, 1.807) is 41.7 Å². The van der Waals surface area contributed by atoms with E-state index < -0.39 is 37.7 Å². The summed E-state index contributed by atoms with van der Waals surface area (Å²) in [4.78, 5) is 37.6. The molecule has 0 radical (unpaired) electrons. The number of ether oxygens (including phenoxy) is 1. The van der Waals surface area contributed by atoms with Gasteiger partial charge in [-0.2, -0.15) is 0 Å². The number of rotatable bonds is 14. The zero-order chi connectivity index (χ0) is 42.8. The van der Waals surface area contributed by atoms with E-state index in [9.17, 15) is 23.3 Å². The number of nitro benzene ring substituents is 1. The van der Waals surface area contributed by atoms with Crippen LogP contribution in [0.4, 0.5) is 15.8 Å². The van der Waals surface area contributed by atoms with Crippen molar-refractivity contribution in [3.05, 3.63) is 93.3 Å². The molecule has 5 aliphatic carbocycles. The second-order valence-corrected chi connectivity index (χ2v) is 22.1. The molecule has 1 saturated heterocycles. The number of piperazine rings is 1. The van der Waals surface area contributed by atoms with E-state index >= 15 is 4.39 Å². The van der Waals surface area contributed by atoms with Crippen molar-refractivity contribution in [2.75, 3.05) is 43.4 Å². The van der Waals surface area contributed by atoms with Crippen LogP contribution in [0.15, 0.2) is 77.0 Å². The van der Waals surface area contributed by atoms with Gasteiger partial charge in [0.1, 0.15) is 28.6 Å². The highest BCUT2D eigenvalue weighted by molar-refractivity contribution is 7.92. The zero-order valence-electron chi connectivity index (χ0n) is 35.7. The topological polar surface area (TPSA) is 139 Å². The fourth-order valence-corrected chi connectivity index (χ4v) is 12.7. The summed E-state index contributed by atoms with van der Waals surface area (Å²) in [5.74, 6) is -1.04. The van der Waals surface area contributed by atoms with Crippen molar-refractivity contribution < 1.29 is 27.3 Å². The first kappa shape index (κ1) is 41.7. The van der Waals surface area contributed by atoms with E-state index in [1.807, 2.05) is 12.1 Å². The van der Waals surface area contributed by atoms with Gasteiger partial charge in [0.25, 0.3) is 5.69 Å². The molecule has 10 rings (SSSR count). The molecule has 4 saturated carbocycles. The van der Waals surface area contributed by atoms with Crippen LogP contribution in [0.2, 0.25) is 0 Å². The van der Waals surface area contributed by atoms with Crippen LogP contribution < -0.4 is 9.64 Å². The maximum absolute atomic E-state index is 15.4. The third kappa shape index (κ3) is 8.48. The molecule has 13 heteroatoms. The van der Waals surface area contributed by atoms with Crippen LogP contribution in [0.3, 0.4) is 0 Å². The average molecular weight is 852 g/mol. The molecule has 2 bridgehead atoms. The number of Topliss-reactive ketones (excluding diaryl/α,β-unsaturated/α-hetero) is 1. The lowest BCUT2D eigenvalue weighted by Gasteiger charge is -2.72. The molecule has 4 aromatic rings. The molecule has 0 unspecified atom stereocenters. The number of nitrogens with zero attached hydrogens (tertiary/aromatic N) is 4. The van der Waals surface area contributed by atoms with Gasteiger partial charge in [0.15, 0.2) is 15.6 Å². The number of anilines is 1. The number of aromatic nitrogens is 2. The Kier molecular flexibility index (Phi) is 10.7.